The third-order valence-corrected chi connectivity index (χ3v) is 5.30. The van der Waals surface area contributed by atoms with E-state index in [1.165, 1.54) is 17.7 Å². The Morgan fingerprint density at radius 3 is 2.67 bits per heavy atom. The van der Waals surface area contributed by atoms with Gasteiger partial charge >= 0.3 is 6.18 Å². The van der Waals surface area contributed by atoms with Crippen LogP contribution in [0.5, 0.6) is 5.75 Å². The molecule has 2 heterocycles. The predicted molar refractivity (Wildman–Crippen MR) is 105 cm³/mol. The number of aromatic nitrogens is 5. The first-order valence-electron chi connectivity index (χ1n) is 9.11. The van der Waals surface area contributed by atoms with Crippen molar-refractivity contribution in [3.05, 3.63) is 47.3 Å². The normalized spacial score (nSPS) is 11.7. The molecular weight excluding hydrogens is 419 g/mol. The van der Waals surface area contributed by atoms with Gasteiger partial charge in [0, 0.05) is 17.0 Å². The van der Waals surface area contributed by atoms with Gasteiger partial charge in [0.25, 0.3) is 0 Å². The lowest BCUT2D eigenvalue weighted by Crippen LogP contribution is -2.19. The zero-order valence-electron chi connectivity index (χ0n) is 16.6. The Kier molecular flexibility index (Phi) is 6.49. The highest BCUT2D eigenvalue weighted by Crippen LogP contribution is 2.28. The van der Waals surface area contributed by atoms with Gasteiger partial charge in [-0.3, -0.25) is 4.79 Å². The Balaban J connectivity index is 1.78. The van der Waals surface area contributed by atoms with Crippen LogP contribution in [0.3, 0.4) is 0 Å². The number of benzene rings is 1. The Hall–Kier alpha value is -2.82. The van der Waals surface area contributed by atoms with Gasteiger partial charge in [0.15, 0.2) is 5.78 Å². The second-order valence-corrected chi connectivity index (χ2v) is 7.41. The average molecular weight is 439 g/mol. The maximum Gasteiger partial charge on any atom is 0.406 e. The Bertz CT molecular complexity index is 1050. The van der Waals surface area contributed by atoms with Crippen molar-refractivity contribution < 1.29 is 22.7 Å². The fraction of sp³-hybridized carbons (Fsp3) is 0.368. The summed E-state index contributed by atoms with van der Waals surface area (Å²) >= 11 is 1.11. The third kappa shape index (κ3) is 4.84. The van der Waals surface area contributed by atoms with E-state index >= 15 is 0 Å². The number of tetrazole rings is 1. The summed E-state index contributed by atoms with van der Waals surface area (Å²) < 4.78 is 46.5. The van der Waals surface area contributed by atoms with Crippen LogP contribution in [0.25, 0.3) is 5.69 Å². The van der Waals surface area contributed by atoms with Crippen molar-refractivity contribution in [3.63, 3.8) is 0 Å². The van der Waals surface area contributed by atoms with Crippen molar-refractivity contribution in [2.24, 2.45) is 0 Å². The molecule has 0 fully saturated rings. The molecule has 0 aliphatic rings. The van der Waals surface area contributed by atoms with Crippen LogP contribution in [0.1, 0.15) is 28.7 Å². The largest absolute Gasteiger partial charge is 0.492 e. The first-order valence-corrected chi connectivity index (χ1v) is 10.1. The summed E-state index contributed by atoms with van der Waals surface area (Å²) in [5, 5.41) is 12.0. The molecule has 3 rings (SSSR count). The number of rotatable bonds is 8. The van der Waals surface area contributed by atoms with Crippen molar-refractivity contribution in [2.75, 3.05) is 12.4 Å². The molecule has 1 aromatic carbocycles. The Morgan fingerprint density at radius 2 is 1.97 bits per heavy atom. The van der Waals surface area contributed by atoms with E-state index in [0.717, 1.165) is 16.3 Å². The number of ketones is 1. The molecule has 7 nitrogen and oxygen atoms in total. The smallest absolute Gasteiger partial charge is 0.406 e. The second-order valence-electron chi connectivity index (χ2n) is 6.47. The summed E-state index contributed by atoms with van der Waals surface area (Å²) in [6.07, 6.45) is -4.36. The molecule has 160 valence electrons. The number of para-hydroxylation sites is 2. The standard InChI is InChI=1S/C19H20F3N5O2S/c1-4-29-17-8-6-5-7-15(17)27-18(23-24-25-27)30-10-16(28)14-9-12(2)26(13(14)3)11-19(20,21)22/h5-9H,4,10-11H2,1-3H3. The number of Topliss-reactive ketones (excluding diaryl/α,β-unsaturated/α-hetero) is 1. The van der Waals surface area contributed by atoms with Crippen LogP contribution < -0.4 is 4.74 Å². The van der Waals surface area contributed by atoms with E-state index in [-0.39, 0.29) is 22.8 Å². The van der Waals surface area contributed by atoms with E-state index in [4.69, 9.17) is 4.74 Å². The SMILES string of the molecule is CCOc1ccccc1-n1nnnc1SCC(=O)c1cc(C)n(CC(F)(F)F)c1C. The number of nitrogens with zero attached hydrogens (tertiary/aromatic N) is 5. The molecular formula is C19H20F3N5O2S. The van der Waals surface area contributed by atoms with Crippen LogP contribution in [0.4, 0.5) is 13.2 Å². The lowest BCUT2D eigenvalue weighted by molar-refractivity contribution is -0.141. The van der Waals surface area contributed by atoms with Crippen molar-refractivity contribution >= 4 is 17.5 Å². The topological polar surface area (TPSA) is 74.8 Å². The zero-order chi connectivity index (χ0) is 21.9. The number of halogens is 3. The fourth-order valence-corrected chi connectivity index (χ4v) is 3.81. The maximum absolute atomic E-state index is 12.8. The van der Waals surface area contributed by atoms with Crippen molar-refractivity contribution in [1.29, 1.82) is 0 Å². The first kappa shape index (κ1) is 21.9. The van der Waals surface area contributed by atoms with Crippen LogP contribution >= 0.6 is 11.8 Å². The quantitative estimate of drug-likeness (QED) is 0.390. The van der Waals surface area contributed by atoms with Crippen molar-refractivity contribution in [2.45, 2.75) is 38.6 Å². The summed E-state index contributed by atoms with van der Waals surface area (Å²) in [5.41, 5.74) is 1.56. The number of alkyl halides is 3. The minimum atomic E-state index is -4.36. The van der Waals surface area contributed by atoms with Gasteiger partial charge in [-0.25, -0.2) is 0 Å². The molecule has 2 aromatic heterocycles. The first-order chi connectivity index (χ1) is 14.2. The van der Waals surface area contributed by atoms with E-state index in [2.05, 4.69) is 15.5 Å². The number of aryl methyl sites for hydroxylation is 1. The molecule has 0 amide bonds. The van der Waals surface area contributed by atoms with Gasteiger partial charge in [-0.1, -0.05) is 23.9 Å². The predicted octanol–water partition coefficient (Wildman–Crippen LogP) is 4.02. The molecule has 0 saturated carbocycles. The number of carbonyl (C=O) groups excluding carboxylic acids is 1. The molecule has 0 bridgehead atoms. The molecule has 30 heavy (non-hydrogen) atoms. The third-order valence-electron chi connectivity index (χ3n) is 4.38. The molecule has 0 aliphatic carbocycles. The van der Waals surface area contributed by atoms with E-state index in [9.17, 15) is 18.0 Å². The molecule has 0 N–H and O–H groups in total. The Morgan fingerprint density at radius 1 is 1.23 bits per heavy atom. The number of hydrogen-bond acceptors (Lipinski definition) is 6. The highest BCUT2D eigenvalue weighted by atomic mass is 32.2. The minimum Gasteiger partial charge on any atom is -0.492 e. The lowest BCUT2D eigenvalue weighted by atomic mass is 10.2. The second kappa shape index (κ2) is 8.90. The van der Waals surface area contributed by atoms with Crippen molar-refractivity contribution in [1.82, 2.24) is 24.8 Å². The minimum absolute atomic E-state index is 0.0204. The summed E-state index contributed by atoms with van der Waals surface area (Å²) in [5.74, 6) is 0.276. The van der Waals surface area contributed by atoms with Crippen LogP contribution in [-0.2, 0) is 6.54 Å². The highest BCUT2D eigenvalue weighted by molar-refractivity contribution is 7.99. The van der Waals surface area contributed by atoms with Gasteiger partial charge in [0.1, 0.15) is 18.0 Å². The summed E-state index contributed by atoms with van der Waals surface area (Å²) in [6, 6.07) is 8.70. The molecule has 0 spiro atoms. The van der Waals surface area contributed by atoms with Gasteiger partial charge in [0.2, 0.25) is 5.16 Å². The van der Waals surface area contributed by atoms with E-state index in [0.29, 0.717) is 28.9 Å². The molecule has 3 aromatic rings. The van der Waals surface area contributed by atoms with Crippen LogP contribution in [0.15, 0.2) is 35.5 Å². The molecule has 0 aliphatic heterocycles. The average Bonchev–Trinajstić information content (AvgIpc) is 3.26. The van der Waals surface area contributed by atoms with E-state index < -0.39 is 12.7 Å². The van der Waals surface area contributed by atoms with Crippen LogP contribution in [0.2, 0.25) is 0 Å². The summed E-state index contributed by atoms with van der Waals surface area (Å²) in [7, 11) is 0. The molecule has 0 unspecified atom stereocenters. The summed E-state index contributed by atoms with van der Waals surface area (Å²) in [4.78, 5) is 12.7. The van der Waals surface area contributed by atoms with Gasteiger partial charge in [-0.15, -0.1) is 5.10 Å². The molecule has 0 atom stereocenters. The van der Waals surface area contributed by atoms with Gasteiger partial charge in [-0.2, -0.15) is 17.9 Å². The summed E-state index contributed by atoms with van der Waals surface area (Å²) in [6.45, 7) is 4.26. The van der Waals surface area contributed by atoms with Gasteiger partial charge in [0.05, 0.1) is 12.4 Å². The van der Waals surface area contributed by atoms with E-state index in [1.54, 1.807) is 19.1 Å². The zero-order valence-corrected chi connectivity index (χ0v) is 17.4. The molecule has 0 saturated heterocycles. The Labute approximate surface area is 175 Å². The molecule has 11 heteroatoms. The molecule has 0 radical (unpaired) electrons. The van der Waals surface area contributed by atoms with E-state index in [1.807, 2.05) is 19.1 Å². The van der Waals surface area contributed by atoms with Crippen molar-refractivity contribution in [3.8, 4) is 11.4 Å². The number of thioether (sulfide) groups is 1. The van der Waals surface area contributed by atoms with Gasteiger partial charge in [-0.05, 0) is 49.4 Å². The van der Waals surface area contributed by atoms with Crippen LogP contribution in [0, 0.1) is 13.8 Å². The van der Waals surface area contributed by atoms with Crippen LogP contribution in [-0.4, -0.2) is 49.1 Å². The number of carbonyl (C=O) groups is 1. The lowest BCUT2D eigenvalue weighted by Gasteiger charge is -2.12. The monoisotopic (exact) mass is 439 g/mol. The highest BCUT2D eigenvalue weighted by Gasteiger charge is 2.30. The number of hydrogen-bond donors (Lipinski definition) is 0. The number of ether oxygens (including phenoxy) is 1. The van der Waals surface area contributed by atoms with Gasteiger partial charge < -0.3 is 9.30 Å². The maximum atomic E-state index is 12.8. The fourth-order valence-electron chi connectivity index (χ4n) is 3.04.